The van der Waals surface area contributed by atoms with Gasteiger partial charge in [-0.15, -0.1) is 10.2 Å². The molecule has 1 N–H and O–H groups in total. The molecule has 0 aliphatic heterocycles. The standard InChI is InChI=1S/C17H19N3O3S/c1-13-4-2-5-15(8-13)23-10-14(21)11-24-17-19-18-12-20(17)9-16-6-3-7-22-16/h2-8,12,14,21H,9-11H2,1H3. The SMILES string of the molecule is Cc1cccc(OCC(O)CSc2nncn2Cc2ccco2)c1. The largest absolute Gasteiger partial charge is 0.491 e. The van der Waals surface area contributed by atoms with Crippen LogP contribution in [-0.4, -0.2) is 38.3 Å². The number of ether oxygens (including phenoxy) is 1. The second kappa shape index (κ2) is 8.03. The van der Waals surface area contributed by atoms with Crippen LogP contribution in [-0.2, 0) is 6.54 Å². The highest BCUT2D eigenvalue weighted by Crippen LogP contribution is 2.18. The van der Waals surface area contributed by atoms with Gasteiger partial charge in [-0.25, -0.2) is 0 Å². The van der Waals surface area contributed by atoms with E-state index in [9.17, 15) is 5.11 Å². The number of benzene rings is 1. The summed E-state index contributed by atoms with van der Waals surface area (Å²) in [5.41, 5.74) is 1.13. The first-order valence-corrected chi connectivity index (χ1v) is 8.60. The molecule has 0 saturated carbocycles. The zero-order valence-electron chi connectivity index (χ0n) is 13.3. The fraction of sp³-hybridized carbons (Fsp3) is 0.294. The van der Waals surface area contributed by atoms with Crippen molar-refractivity contribution in [1.29, 1.82) is 0 Å². The van der Waals surface area contributed by atoms with E-state index in [-0.39, 0.29) is 6.61 Å². The van der Waals surface area contributed by atoms with E-state index in [1.807, 2.05) is 47.9 Å². The number of hydrogen-bond donors (Lipinski definition) is 1. The van der Waals surface area contributed by atoms with E-state index < -0.39 is 6.10 Å². The molecule has 2 heterocycles. The van der Waals surface area contributed by atoms with Gasteiger partial charge in [-0.05, 0) is 36.8 Å². The summed E-state index contributed by atoms with van der Waals surface area (Å²) in [5.74, 6) is 2.07. The monoisotopic (exact) mass is 345 g/mol. The normalized spacial score (nSPS) is 12.2. The minimum atomic E-state index is -0.593. The highest BCUT2D eigenvalue weighted by atomic mass is 32.2. The summed E-state index contributed by atoms with van der Waals surface area (Å²) in [4.78, 5) is 0. The molecule has 0 aliphatic carbocycles. The van der Waals surface area contributed by atoms with E-state index in [0.29, 0.717) is 12.3 Å². The van der Waals surface area contributed by atoms with E-state index >= 15 is 0 Å². The highest BCUT2D eigenvalue weighted by Gasteiger charge is 2.11. The van der Waals surface area contributed by atoms with Crippen molar-refractivity contribution >= 4 is 11.8 Å². The average Bonchev–Trinajstić information content (AvgIpc) is 3.23. The van der Waals surface area contributed by atoms with Gasteiger partial charge in [0.1, 0.15) is 24.4 Å². The van der Waals surface area contributed by atoms with Gasteiger partial charge in [0.15, 0.2) is 5.16 Å². The maximum atomic E-state index is 10.1. The van der Waals surface area contributed by atoms with Crippen molar-refractivity contribution in [3.05, 3.63) is 60.3 Å². The second-order valence-corrected chi connectivity index (χ2v) is 6.40. The van der Waals surface area contributed by atoms with Crippen molar-refractivity contribution in [2.24, 2.45) is 0 Å². The smallest absolute Gasteiger partial charge is 0.191 e. The fourth-order valence-corrected chi connectivity index (χ4v) is 2.97. The Morgan fingerprint density at radius 1 is 1.33 bits per heavy atom. The molecule has 0 bridgehead atoms. The lowest BCUT2D eigenvalue weighted by atomic mass is 10.2. The molecule has 0 saturated heterocycles. The van der Waals surface area contributed by atoms with E-state index in [2.05, 4.69) is 10.2 Å². The molecule has 0 amide bonds. The molecule has 6 nitrogen and oxygen atoms in total. The quantitative estimate of drug-likeness (QED) is 0.633. The number of aliphatic hydroxyl groups is 1. The Morgan fingerprint density at radius 3 is 3.04 bits per heavy atom. The van der Waals surface area contributed by atoms with Gasteiger partial charge in [-0.1, -0.05) is 23.9 Å². The Bertz CT molecular complexity index is 758. The van der Waals surface area contributed by atoms with Gasteiger partial charge >= 0.3 is 0 Å². The van der Waals surface area contributed by atoms with Crippen LogP contribution in [0.3, 0.4) is 0 Å². The van der Waals surface area contributed by atoms with Crippen molar-refractivity contribution in [2.45, 2.75) is 24.7 Å². The minimum Gasteiger partial charge on any atom is -0.491 e. The van der Waals surface area contributed by atoms with Crippen LogP contribution in [0.15, 0.2) is 58.6 Å². The summed E-state index contributed by atoms with van der Waals surface area (Å²) in [6.45, 7) is 2.81. The second-order valence-electron chi connectivity index (χ2n) is 5.41. The molecule has 0 aliphatic rings. The number of aliphatic hydroxyl groups excluding tert-OH is 1. The highest BCUT2D eigenvalue weighted by molar-refractivity contribution is 7.99. The predicted octanol–water partition coefficient (Wildman–Crippen LogP) is 2.76. The van der Waals surface area contributed by atoms with Crippen LogP contribution in [0.25, 0.3) is 0 Å². The summed E-state index contributed by atoms with van der Waals surface area (Å²) in [5, 5.41) is 18.8. The van der Waals surface area contributed by atoms with Gasteiger partial charge in [-0.3, -0.25) is 0 Å². The number of hydrogen-bond acceptors (Lipinski definition) is 6. The van der Waals surface area contributed by atoms with Crippen LogP contribution >= 0.6 is 11.8 Å². The Morgan fingerprint density at radius 2 is 2.25 bits per heavy atom. The third kappa shape index (κ3) is 4.62. The van der Waals surface area contributed by atoms with Gasteiger partial charge in [-0.2, -0.15) is 0 Å². The molecule has 2 aromatic heterocycles. The van der Waals surface area contributed by atoms with E-state index in [4.69, 9.17) is 9.15 Å². The summed E-state index contributed by atoms with van der Waals surface area (Å²) < 4.78 is 12.8. The van der Waals surface area contributed by atoms with Gasteiger partial charge in [0.2, 0.25) is 0 Å². The van der Waals surface area contributed by atoms with Gasteiger partial charge in [0, 0.05) is 5.75 Å². The zero-order chi connectivity index (χ0) is 16.8. The summed E-state index contributed by atoms with van der Waals surface area (Å²) in [6.07, 6.45) is 2.70. The number of rotatable bonds is 8. The maximum Gasteiger partial charge on any atom is 0.191 e. The van der Waals surface area contributed by atoms with Crippen LogP contribution in [0.4, 0.5) is 0 Å². The van der Waals surface area contributed by atoms with Crippen molar-refractivity contribution in [2.75, 3.05) is 12.4 Å². The molecule has 7 heteroatoms. The number of aryl methyl sites for hydroxylation is 1. The van der Waals surface area contributed by atoms with Crippen molar-refractivity contribution in [3.8, 4) is 5.75 Å². The van der Waals surface area contributed by atoms with Gasteiger partial charge in [0.25, 0.3) is 0 Å². The summed E-state index contributed by atoms with van der Waals surface area (Å²) in [6, 6.07) is 11.5. The lowest BCUT2D eigenvalue weighted by Crippen LogP contribution is -2.20. The van der Waals surface area contributed by atoms with Crippen LogP contribution < -0.4 is 4.74 Å². The topological polar surface area (TPSA) is 73.3 Å². The average molecular weight is 345 g/mol. The Balaban J connectivity index is 1.48. The zero-order valence-corrected chi connectivity index (χ0v) is 14.1. The molecule has 0 radical (unpaired) electrons. The molecule has 0 spiro atoms. The fourth-order valence-electron chi connectivity index (χ4n) is 2.15. The minimum absolute atomic E-state index is 0.239. The maximum absolute atomic E-state index is 10.1. The number of nitrogens with zero attached hydrogens (tertiary/aromatic N) is 3. The molecule has 24 heavy (non-hydrogen) atoms. The molecular formula is C17H19N3O3S. The first-order valence-electron chi connectivity index (χ1n) is 7.61. The van der Waals surface area contributed by atoms with Crippen molar-refractivity contribution < 1.29 is 14.3 Å². The first-order chi connectivity index (χ1) is 11.7. The van der Waals surface area contributed by atoms with E-state index in [0.717, 1.165) is 22.2 Å². The number of thioether (sulfide) groups is 1. The van der Waals surface area contributed by atoms with E-state index in [1.54, 1.807) is 12.6 Å². The third-order valence-corrected chi connectivity index (χ3v) is 4.45. The van der Waals surface area contributed by atoms with Crippen molar-refractivity contribution in [1.82, 2.24) is 14.8 Å². The molecule has 126 valence electrons. The Hall–Kier alpha value is -2.25. The van der Waals surface area contributed by atoms with Crippen LogP contribution in [0.1, 0.15) is 11.3 Å². The van der Waals surface area contributed by atoms with Crippen molar-refractivity contribution in [3.63, 3.8) is 0 Å². The Labute approximate surface area is 144 Å². The van der Waals surface area contributed by atoms with E-state index in [1.165, 1.54) is 11.8 Å². The van der Waals surface area contributed by atoms with Crippen LogP contribution in [0.5, 0.6) is 5.75 Å². The molecule has 3 aromatic rings. The van der Waals surface area contributed by atoms with Crippen LogP contribution in [0, 0.1) is 6.92 Å². The van der Waals surface area contributed by atoms with Gasteiger partial charge < -0.3 is 18.8 Å². The summed E-state index contributed by atoms with van der Waals surface area (Å²) in [7, 11) is 0. The molecule has 1 aromatic carbocycles. The number of furan rings is 1. The lowest BCUT2D eigenvalue weighted by Gasteiger charge is -2.12. The van der Waals surface area contributed by atoms with Crippen LogP contribution in [0.2, 0.25) is 0 Å². The molecular weight excluding hydrogens is 326 g/mol. The van der Waals surface area contributed by atoms with Gasteiger partial charge in [0.05, 0.1) is 18.9 Å². The molecule has 3 rings (SSSR count). The molecule has 1 unspecified atom stereocenters. The lowest BCUT2D eigenvalue weighted by molar-refractivity contribution is 0.126. The molecule has 0 fully saturated rings. The third-order valence-electron chi connectivity index (χ3n) is 3.32. The number of aromatic nitrogens is 3. The molecule has 1 atom stereocenters. The summed E-state index contributed by atoms with van der Waals surface area (Å²) >= 11 is 1.44. The Kier molecular flexibility index (Phi) is 5.55. The predicted molar refractivity (Wildman–Crippen MR) is 91.2 cm³/mol. The first kappa shape index (κ1) is 16.6.